The van der Waals surface area contributed by atoms with Gasteiger partial charge in [-0.15, -0.1) is 0 Å². The monoisotopic (exact) mass is 450 g/mol. The lowest BCUT2D eigenvalue weighted by Crippen LogP contribution is -2.18. The summed E-state index contributed by atoms with van der Waals surface area (Å²) < 4.78 is 6.95. The number of benzene rings is 2. The second-order valence-corrected chi connectivity index (χ2v) is 8.51. The van der Waals surface area contributed by atoms with Crippen LogP contribution in [0, 0.1) is 39.0 Å². The van der Waals surface area contributed by atoms with Gasteiger partial charge in [-0.05, 0) is 62.1 Å². The van der Waals surface area contributed by atoms with Crippen molar-refractivity contribution in [3.63, 3.8) is 0 Å². The molecule has 0 fully saturated rings. The number of hydrogen-bond acceptors (Lipinski definition) is 6. The number of nitrogens with zero attached hydrogens (tertiary/aromatic N) is 5. The molecule has 5 rings (SSSR count). The fourth-order valence-corrected chi connectivity index (χ4v) is 4.27. The molecule has 2 aromatic carbocycles. The summed E-state index contributed by atoms with van der Waals surface area (Å²) >= 11 is 0. The van der Waals surface area contributed by atoms with Gasteiger partial charge in [0.2, 0.25) is 5.91 Å². The fourth-order valence-electron chi connectivity index (χ4n) is 4.27. The number of fused-ring (bicyclic) bond motifs is 2. The molecule has 0 atom stereocenters. The molecule has 0 saturated carbocycles. The van der Waals surface area contributed by atoms with Crippen molar-refractivity contribution >= 4 is 33.6 Å². The van der Waals surface area contributed by atoms with Crippen molar-refractivity contribution in [1.29, 1.82) is 5.26 Å². The molecule has 0 bridgehead atoms. The normalized spacial score (nSPS) is 11.1. The van der Waals surface area contributed by atoms with E-state index >= 15 is 0 Å². The minimum Gasteiger partial charge on any atom is -0.356 e. The minimum atomic E-state index is -0.332. The van der Waals surface area contributed by atoms with E-state index in [0.29, 0.717) is 17.1 Å². The first kappa shape index (κ1) is 21.3. The van der Waals surface area contributed by atoms with Gasteiger partial charge in [-0.1, -0.05) is 29.4 Å². The summed E-state index contributed by atoms with van der Waals surface area (Å²) in [6, 6.07) is 14.0. The van der Waals surface area contributed by atoms with E-state index in [1.807, 2.05) is 64.1 Å². The Hall–Kier alpha value is -4.51. The highest BCUT2D eigenvalue weighted by Gasteiger charge is 2.20. The second kappa shape index (κ2) is 8.12. The van der Waals surface area contributed by atoms with Crippen molar-refractivity contribution in [2.45, 2.75) is 34.1 Å². The van der Waals surface area contributed by atoms with Crippen LogP contribution in [0.2, 0.25) is 0 Å². The molecule has 0 aliphatic carbocycles. The number of hydrogen-bond donors (Lipinski definition) is 1. The molecule has 34 heavy (non-hydrogen) atoms. The van der Waals surface area contributed by atoms with Gasteiger partial charge in [0.25, 0.3) is 0 Å². The van der Waals surface area contributed by atoms with E-state index in [-0.39, 0.29) is 23.7 Å². The zero-order valence-electron chi connectivity index (χ0n) is 19.3. The van der Waals surface area contributed by atoms with Crippen LogP contribution in [0.25, 0.3) is 27.7 Å². The van der Waals surface area contributed by atoms with Gasteiger partial charge in [-0.2, -0.15) is 15.0 Å². The van der Waals surface area contributed by atoms with Gasteiger partial charge in [-0.3, -0.25) is 4.79 Å². The summed E-state index contributed by atoms with van der Waals surface area (Å²) in [4.78, 5) is 17.8. The number of para-hydroxylation sites is 1. The van der Waals surface area contributed by atoms with Crippen molar-refractivity contribution in [2.75, 3.05) is 5.32 Å². The lowest BCUT2D eigenvalue weighted by Gasteiger charge is -2.12. The highest BCUT2D eigenvalue weighted by Crippen LogP contribution is 2.27. The molecule has 168 valence electrons. The maximum atomic E-state index is 13.0. The molecular formula is C26H22N6O2. The summed E-state index contributed by atoms with van der Waals surface area (Å²) in [6.45, 7) is 7.93. The third-order valence-electron chi connectivity index (χ3n) is 5.90. The summed E-state index contributed by atoms with van der Waals surface area (Å²) in [5, 5.41) is 22.8. The predicted octanol–water partition coefficient (Wildman–Crippen LogP) is 4.85. The third-order valence-corrected chi connectivity index (χ3v) is 5.90. The molecule has 8 nitrogen and oxygen atoms in total. The number of aryl methyl sites for hydroxylation is 4. The van der Waals surface area contributed by atoms with Crippen LogP contribution < -0.4 is 5.32 Å². The van der Waals surface area contributed by atoms with Crippen molar-refractivity contribution in [3.8, 4) is 11.9 Å². The number of anilines is 1. The highest BCUT2D eigenvalue weighted by atomic mass is 16.5. The Balaban J connectivity index is 1.51. The van der Waals surface area contributed by atoms with Crippen LogP contribution in [0.15, 0.2) is 47.1 Å². The van der Waals surface area contributed by atoms with Crippen molar-refractivity contribution in [1.82, 2.24) is 19.9 Å². The molecule has 0 aliphatic heterocycles. The molecule has 3 aromatic heterocycles. The third kappa shape index (κ3) is 3.57. The number of pyridine rings is 1. The van der Waals surface area contributed by atoms with E-state index in [4.69, 9.17) is 9.51 Å². The SMILES string of the molecule is Cc1cc(C)c2onc(CC(=O)Nc3c(C#N)cnn3-c3cc(C)c4cccc(C)c4n3)c2c1. The first-order valence-corrected chi connectivity index (χ1v) is 10.9. The number of amides is 1. The van der Waals surface area contributed by atoms with E-state index in [1.54, 1.807) is 0 Å². The molecule has 0 saturated heterocycles. The summed E-state index contributed by atoms with van der Waals surface area (Å²) in [5.74, 6) is 0.461. The van der Waals surface area contributed by atoms with Crippen LogP contribution in [-0.4, -0.2) is 25.8 Å². The number of nitrogens with one attached hydrogen (secondary N) is 1. The van der Waals surface area contributed by atoms with E-state index < -0.39 is 0 Å². The van der Waals surface area contributed by atoms with Crippen LogP contribution in [0.4, 0.5) is 5.82 Å². The standard InChI is InChI=1S/C26H22N6O2/c1-14-8-17(4)25-20(9-14)21(31-34-25)11-23(33)30-26-18(12-27)13-28-32(26)22-10-16(3)19-7-5-6-15(2)24(19)29-22/h5-10,13H,11H2,1-4H3,(H,30,33). The highest BCUT2D eigenvalue weighted by molar-refractivity contribution is 5.96. The molecule has 0 unspecified atom stereocenters. The van der Waals surface area contributed by atoms with Gasteiger partial charge in [0.15, 0.2) is 17.2 Å². The average Bonchev–Trinajstić information content (AvgIpc) is 3.38. The van der Waals surface area contributed by atoms with Crippen LogP contribution in [0.5, 0.6) is 0 Å². The van der Waals surface area contributed by atoms with E-state index in [1.165, 1.54) is 10.9 Å². The molecule has 1 amide bonds. The van der Waals surface area contributed by atoms with Crippen molar-refractivity contribution in [2.24, 2.45) is 0 Å². The van der Waals surface area contributed by atoms with Gasteiger partial charge >= 0.3 is 0 Å². The van der Waals surface area contributed by atoms with Crippen LogP contribution in [0.3, 0.4) is 0 Å². The average molecular weight is 451 g/mol. The van der Waals surface area contributed by atoms with Crippen molar-refractivity contribution in [3.05, 3.63) is 76.1 Å². The number of rotatable bonds is 4. The van der Waals surface area contributed by atoms with E-state index in [0.717, 1.165) is 38.5 Å². The summed E-state index contributed by atoms with van der Waals surface area (Å²) in [7, 11) is 0. The zero-order chi connectivity index (χ0) is 24.0. The topological polar surface area (TPSA) is 110 Å². The van der Waals surface area contributed by atoms with Gasteiger partial charge in [0.1, 0.15) is 17.3 Å². The predicted molar refractivity (Wildman–Crippen MR) is 129 cm³/mol. The molecular weight excluding hydrogens is 428 g/mol. The Morgan fingerprint density at radius 3 is 2.71 bits per heavy atom. The van der Waals surface area contributed by atoms with Gasteiger partial charge < -0.3 is 9.84 Å². The summed E-state index contributed by atoms with van der Waals surface area (Å²) in [5.41, 5.74) is 6.39. The molecule has 1 N–H and O–H groups in total. The van der Waals surface area contributed by atoms with Crippen molar-refractivity contribution < 1.29 is 9.32 Å². The van der Waals surface area contributed by atoms with Crippen LogP contribution >= 0.6 is 0 Å². The zero-order valence-corrected chi connectivity index (χ0v) is 19.3. The maximum absolute atomic E-state index is 13.0. The van der Waals surface area contributed by atoms with Crippen LogP contribution in [-0.2, 0) is 11.2 Å². The first-order chi connectivity index (χ1) is 16.4. The smallest absolute Gasteiger partial charge is 0.231 e. The van der Waals surface area contributed by atoms with Crippen LogP contribution in [0.1, 0.15) is 33.5 Å². The lowest BCUT2D eigenvalue weighted by atomic mass is 10.1. The van der Waals surface area contributed by atoms with E-state index in [9.17, 15) is 10.1 Å². The summed E-state index contributed by atoms with van der Waals surface area (Å²) in [6.07, 6.45) is 1.42. The number of nitriles is 1. The Kier molecular flexibility index (Phi) is 5.10. The largest absolute Gasteiger partial charge is 0.356 e. The Bertz CT molecular complexity index is 1640. The van der Waals surface area contributed by atoms with Gasteiger partial charge in [-0.25, -0.2) is 4.98 Å². The molecule has 3 heterocycles. The molecule has 8 heteroatoms. The first-order valence-electron chi connectivity index (χ1n) is 10.9. The molecule has 0 aliphatic rings. The Morgan fingerprint density at radius 2 is 1.91 bits per heavy atom. The van der Waals surface area contributed by atoms with Gasteiger partial charge in [0, 0.05) is 10.8 Å². The number of carbonyl (C=O) groups excluding carboxylic acids is 1. The quantitative estimate of drug-likeness (QED) is 0.419. The molecule has 5 aromatic rings. The molecule has 0 radical (unpaired) electrons. The minimum absolute atomic E-state index is 0.00474. The lowest BCUT2D eigenvalue weighted by molar-refractivity contribution is -0.115. The molecule has 0 spiro atoms. The second-order valence-electron chi connectivity index (χ2n) is 8.51. The van der Waals surface area contributed by atoms with Gasteiger partial charge in [0.05, 0.1) is 18.1 Å². The van der Waals surface area contributed by atoms with E-state index in [2.05, 4.69) is 21.6 Å². The Morgan fingerprint density at radius 1 is 1.09 bits per heavy atom. The number of aromatic nitrogens is 4. The number of carbonyl (C=O) groups is 1. The maximum Gasteiger partial charge on any atom is 0.231 e. The fraction of sp³-hybridized carbons (Fsp3) is 0.192. The Labute approximate surface area is 195 Å².